The summed E-state index contributed by atoms with van der Waals surface area (Å²) in [5.41, 5.74) is 3.66. The largest absolute Gasteiger partial charge is 0.321 e. The van der Waals surface area contributed by atoms with Crippen LogP contribution in [0, 0.1) is 0 Å². The zero-order chi connectivity index (χ0) is 13.2. The Bertz CT molecular complexity index is 618. The molecule has 1 aromatic heterocycles. The molecule has 0 atom stereocenters. The standard InChI is InChI=1S/C15H15NOS2/c17-15(14-8-11(18)9-19-14)16-13-7-3-5-10-4-1-2-6-12(10)13/h3,5,7-9,18H,1-2,4,6H2,(H,16,17). The minimum Gasteiger partial charge on any atom is -0.321 e. The van der Waals surface area contributed by atoms with Crippen molar-refractivity contribution in [1.29, 1.82) is 0 Å². The predicted octanol–water partition coefficient (Wildman–Crippen LogP) is 4.17. The number of benzene rings is 1. The first-order chi connectivity index (χ1) is 9.24. The molecule has 98 valence electrons. The second-order valence-corrected chi connectivity index (χ2v) is 6.20. The number of thiol groups is 1. The van der Waals surface area contributed by atoms with Gasteiger partial charge < -0.3 is 5.32 Å². The summed E-state index contributed by atoms with van der Waals surface area (Å²) in [5, 5.41) is 4.91. The second-order valence-electron chi connectivity index (χ2n) is 4.77. The zero-order valence-electron chi connectivity index (χ0n) is 10.5. The molecule has 0 spiro atoms. The number of rotatable bonds is 2. The summed E-state index contributed by atoms with van der Waals surface area (Å²) in [6.45, 7) is 0. The molecule has 1 heterocycles. The van der Waals surface area contributed by atoms with Crippen LogP contribution in [0.25, 0.3) is 0 Å². The van der Waals surface area contributed by atoms with Gasteiger partial charge in [-0.15, -0.1) is 24.0 Å². The Kier molecular flexibility index (Phi) is 3.62. The van der Waals surface area contributed by atoms with E-state index in [1.54, 1.807) is 6.07 Å². The van der Waals surface area contributed by atoms with E-state index in [2.05, 4.69) is 24.0 Å². The summed E-state index contributed by atoms with van der Waals surface area (Å²) in [5.74, 6) is -0.0377. The maximum atomic E-state index is 12.2. The Morgan fingerprint density at radius 2 is 2.11 bits per heavy atom. The highest BCUT2D eigenvalue weighted by Crippen LogP contribution is 2.28. The Hall–Kier alpha value is -1.26. The van der Waals surface area contributed by atoms with Gasteiger partial charge in [0.05, 0.1) is 4.88 Å². The lowest BCUT2D eigenvalue weighted by molar-refractivity contribution is 0.103. The molecule has 2 nitrogen and oxygen atoms in total. The summed E-state index contributed by atoms with van der Waals surface area (Å²) in [6.07, 6.45) is 4.64. The van der Waals surface area contributed by atoms with E-state index in [0.717, 1.165) is 23.4 Å². The number of nitrogens with one attached hydrogen (secondary N) is 1. The van der Waals surface area contributed by atoms with Crippen LogP contribution in [0.1, 0.15) is 33.6 Å². The maximum absolute atomic E-state index is 12.2. The van der Waals surface area contributed by atoms with Gasteiger partial charge in [0.15, 0.2) is 0 Å². The first kappa shape index (κ1) is 12.8. The molecule has 0 fully saturated rings. The van der Waals surface area contributed by atoms with Gasteiger partial charge in [0.1, 0.15) is 0 Å². The van der Waals surface area contributed by atoms with Gasteiger partial charge in [-0.25, -0.2) is 0 Å². The van der Waals surface area contributed by atoms with Crippen LogP contribution in [0.5, 0.6) is 0 Å². The third-order valence-electron chi connectivity index (χ3n) is 3.45. The zero-order valence-corrected chi connectivity index (χ0v) is 12.2. The minimum absolute atomic E-state index is 0.0377. The highest BCUT2D eigenvalue weighted by molar-refractivity contribution is 7.80. The molecule has 0 radical (unpaired) electrons. The van der Waals surface area contributed by atoms with Crippen molar-refractivity contribution in [1.82, 2.24) is 0 Å². The smallest absolute Gasteiger partial charge is 0.265 e. The average molecular weight is 289 g/mol. The van der Waals surface area contributed by atoms with Gasteiger partial charge in [-0.1, -0.05) is 12.1 Å². The molecular formula is C15H15NOS2. The van der Waals surface area contributed by atoms with E-state index in [1.807, 2.05) is 17.5 Å². The van der Waals surface area contributed by atoms with E-state index in [1.165, 1.54) is 35.3 Å². The molecule has 0 aliphatic heterocycles. The average Bonchev–Trinajstić information content (AvgIpc) is 2.86. The number of hydrogen-bond donors (Lipinski definition) is 2. The topological polar surface area (TPSA) is 29.1 Å². The van der Waals surface area contributed by atoms with Crippen LogP contribution in [0.2, 0.25) is 0 Å². The number of carbonyl (C=O) groups is 1. The van der Waals surface area contributed by atoms with Crippen LogP contribution in [0.3, 0.4) is 0 Å². The van der Waals surface area contributed by atoms with Crippen molar-refractivity contribution in [2.75, 3.05) is 5.32 Å². The third kappa shape index (κ3) is 2.69. The predicted molar refractivity (Wildman–Crippen MR) is 82.6 cm³/mol. The number of fused-ring (bicyclic) bond motifs is 1. The van der Waals surface area contributed by atoms with E-state index >= 15 is 0 Å². The molecule has 3 rings (SSSR count). The van der Waals surface area contributed by atoms with Crippen molar-refractivity contribution in [3.8, 4) is 0 Å². The summed E-state index contributed by atoms with van der Waals surface area (Å²) in [4.78, 5) is 13.7. The quantitative estimate of drug-likeness (QED) is 0.798. The van der Waals surface area contributed by atoms with Crippen LogP contribution in [0.4, 0.5) is 5.69 Å². The van der Waals surface area contributed by atoms with Crippen molar-refractivity contribution < 1.29 is 4.79 Å². The number of amides is 1. The fraction of sp³-hybridized carbons (Fsp3) is 0.267. The van der Waals surface area contributed by atoms with E-state index < -0.39 is 0 Å². The molecule has 1 amide bonds. The number of aryl methyl sites for hydroxylation is 1. The highest BCUT2D eigenvalue weighted by atomic mass is 32.1. The summed E-state index contributed by atoms with van der Waals surface area (Å²) in [7, 11) is 0. The van der Waals surface area contributed by atoms with Crippen molar-refractivity contribution in [3.63, 3.8) is 0 Å². The van der Waals surface area contributed by atoms with E-state index in [0.29, 0.717) is 4.88 Å². The number of carbonyl (C=O) groups excluding carboxylic acids is 1. The molecule has 0 saturated heterocycles. The maximum Gasteiger partial charge on any atom is 0.265 e. The minimum atomic E-state index is -0.0377. The molecule has 0 bridgehead atoms. The van der Waals surface area contributed by atoms with Crippen LogP contribution >= 0.6 is 24.0 Å². The van der Waals surface area contributed by atoms with Crippen molar-refractivity contribution in [2.45, 2.75) is 30.6 Å². The molecule has 1 aromatic carbocycles. The normalized spacial score (nSPS) is 13.9. The monoisotopic (exact) mass is 289 g/mol. The van der Waals surface area contributed by atoms with Crippen LogP contribution in [-0.4, -0.2) is 5.91 Å². The van der Waals surface area contributed by atoms with Gasteiger partial charge in [-0.3, -0.25) is 4.79 Å². The second kappa shape index (κ2) is 5.39. The fourth-order valence-corrected chi connectivity index (χ4v) is 3.57. The SMILES string of the molecule is O=C(Nc1cccc2c1CCCC2)c1cc(S)cs1. The molecular weight excluding hydrogens is 274 g/mol. The first-order valence-corrected chi connectivity index (χ1v) is 7.76. The molecule has 1 aliphatic carbocycles. The van der Waals surface area contributed by atoms with E-state index in [4.69, 9.17) is 0 Å². The lowest BCUT2D eigenvalue weighted by Crippen LogP contribution is -2.14. The van der Waals surface area contributed by atoms with Gasteiger partial charge in [0.25, 0.3) is 5.91 Å². The van der Waals surface area contributed by atoms with Gasteiger partial charge >= 0.3 is 0 Å². The van der Waals surface area contributed by atoms with Gasteiger partial charge in [0, 0.05) is 16.0 Å². The summed E-state index contributed by atoms with van der Waals surface area (Å²) >= 11 is 5.66. The van der Waals surface area contributed by atoms with Crippen LogP contribution < -0.4 is 5.32 Å². The molecule has 2 aromatic rings. The molecule has 0 saturated carbocycles. The van der Waals surface area contributed by atoms with Gasteiger partial charge in [-0.05, 0) is 48.9 Å². The summed E-state index contributed by atoms with van der Waals surface area (Å²) in [6, 6.07) is 8.00. The lowest BCUT2D eigenvalue weighted by Gasteiger charge is -2.19. The third-order valence-corrected chi connectivity index (χ3v) is 4.82. The number of anilines is 1. The fourth-order valence-electron chi connectivity index (χ4n) is 2.53. The first-order valence-electron chi connectivity index (χ1n) is 6.43. The van der Waals surface area contributed by atoms with Gasteiger partial charge in [-0.2, -0.15) is 0 Å². The van der Waals surface area contributed by atoms with E-state index in [9.17, 15) is 4.79 Å². The Morgan fingerprint density at radius 1 is 1.26 bits per heavy atom. The summed E-state index contributed by atoms with van der Waals surface area (Å²) < 4.78 is 0. The molecule has 1 aliphatic rings. The Balaban J connectivity index is 1.85. The number of hydrogen-bond acceptors (Lipinski definition) is 3. The van der Waals surface area contributed by atoms with Crippen molar-refractivity contribution >= 4 is 35.6 Å². The highest BCUT2D eigenvalue weighted by Gasteiger charge is 2.15. The molecule has 19 heavy (non-hydrogen) atoms. The van der Waals surface area contributed by atoms with Crippen LogP contribution in [0.15, 0.2) is 34.5 Å². The van der Waals surface area contributed by atoms with Crippen LogP contribution in [-0.2, 0) is 12.8 Å². The number of thiophene rings is 1. The lowest BCUT2D eigenvalue weighted by atomic mass is 9.90. The van der Waals surface area contributed by atoms with Gasteiger partial charge in [0.2, 0.25) is 0 Å². The molecule has 0 unspecified atom stereocenters. The molecule has 1 N–H and O–H groups in total. The van der Waals surface area contributed by atoms with Crippen molar-refractivity contribution in [2.24, 2.45) is 0 Å². The van der Waals surface area contributed by atoms with E-state index in [-0.39, 0.29) is 5.91 Å². The Morgan fingerprint density at radius 3 is 2.89 bits per heavy atom. The van der Waals surface area contributed by atoms with Crippen molar-refractivity contribution in [3.05, 3.63) is 45.6 Å². The molecule has 4 heteroatoms. The Labute approximate surface area is 122 Å².